The molecule has 1 aliphatic heterocycles. The predicted molar refractivity (Wildman–Crippen MR) is 83.3 cm³/mol. The Labute approximate surface area is 127 Å². The van der Waals surface area contributed by atoms with Crippen molar-refractivity contribution in [3.63, 3.8) is 0 Å². The van der Waals surface area contributed by atoms with Crippen LogP contribution in [0.2, 0.25) is 0 Å². The first-order chi connectivity index (χ1) is 10.3. The molecule has 4 nitrogen and oxygen atoms in total. The molecule has 2 aliphatic rings. The number of hydrogen-bond donors (Lipinski definition) is 1. The highest BCUT2D eigenvalue weighted by molar-refractivity contribution is 5.80. The summed E-state index contributed by atoms with van der Waals surface area (Å²) in [7, 11) is 0. The van der Waals surface area contributed by atoms with Gasteiger partial charge in [0.05, 0.1) is 18.2 Å². The molecular weight excluding hydrogens is 262 g/mol. The van der Waals surface area contributed by atoms with E-state index in [0.717, 1.165) is 38.0 Å². The highest BCUT2D eigenvalue weighted by Gasteiger charge is 2.19. The Bertz CT molecular complexity index is 456. The normalized spacial score (nSPS) is 21.5. The van der Waals surface area contributed by atoms with Gasteiger partial charge in [-0.3, -0.25) is 9.48 Å². The van der Waals surface area contributed by atoms with Crippen LogP contribution >= 0.6 is 0 Å². The van der Waals surface area contributed by atoms with Gasteiger partial charge in [0.25, 0.3) is 0 Å². The molecule has 1 aliphatic carbocycles. The summed E-state index contributed by atoms with van der Waals surface area (Å²) in [6.07, 6.45) is 12.1. The summed E-state index contributed by atoms with van der Waals surface area (Å²) in [5.74, 6) is 0.940. The fourth-order valence-electron chi connectivity index (χ4n) is 3.70. The molecule has 21 heavy (non-hydrogen) atoms. The average Bonchev–Trinajstić information content (AvgIpc) is 2.97. The van der Waals surface area contributed by atoms with E-state index in [1.807, 2.05) is 6.07 Å². The molecule has 1 saturated heterocycles. The Kier molecular flexibility index (Phi) is 5.07. The smallest absolute Gasteiger partial charge is 0.139 e. The lowest BCUT2D eigenvalue weighted by Crippen LogP contribution is -2.29. The van der Waals surface area contributed by atoms with E-state index in [2.05, 4.69) is 21.3 Å². The van der Waals surface area contributed by atoms with Gasteiger partial charge < -0.3 is 5.32 Å². The number of rotatable bonds is 5. The van der Waals surface area contributed by atoms with Gasteiger partial charge in [-0.1, -0.05) is 19.3 Å². The molecule has 1 aromatic heterocycles. The van der Waals surface area contributed by atoms with Crippen LogP contribution in [0, 0.1) is 5.92 Å². The van der Waals surface area contributed by atoms with Crippen molar-refractivity contribution in [2.45, 2.75) is 63.8 Å². The highest BCUT2D eigenvalue weighted by Crippen LogP contribution is 2.27. The van der Waals surface area contributed by atoms with Crippen molar-refractivity contribution in [2.75, 3.05) is 13.1 Å². The second-order valence-corrected chi connectivity index (χ2v) is 6.69. The van der Waals surface area contributed by atoms with Crippen LogP contribution in [0.5, 0.6) is 0 Å². The van der Waals surface area contributed by atoms with E-state index in [1.54, 1.807) is 0 Å². The summed E-state index contributed by atoms with van der Waals surface area (Å²) in [5.41, 5.74) is 0.958. The van der Waals surface area contributed by atoms with Crippen LogP contribution in [-0.4, -0.2) is 28.7 Å². The topological polar surface area (TPSA) is 46.9 Å². The maximum atomic E-state index is 12.2. The fourth-order valence-corrected chi connectivity index (χ4v) is 3.70. The van der Waals surface area contributed by atoms with Crippen LogP contribution < -0.4 is 5.32 Å². The molecule has 0 aromatic carbocycles. The molecule has 0 unspecified atom stereocenters. The van der Waals surface area contributed by atoms with Crippen LogP contribution in [0.4, 0.5) is 0 Å². The highest BCUT2D eigenvalue weighted by atomic mass is 16.1. The first-order valence-corrected chi connectivity index (χ1v) is 8.58. The third kappa shape index (κ3) is 4.16. The third-order valence-electron chi connectivity index (χ3n) is 4.97. The molecule has 0 bridgehead atoms. The molecule has 0 amide bonds. The number of carbonyl (C=O) groups excluding carboxylic acids is 1. The van der Waals surface area contributed by atoms with E-state index in [0.29, 0.717) is 24.2 Å². The number of aromatic nitrogens is 2. The van der Waals surface area contributed by atoms with E-state index in [4.69, 9.17) is 0 Å². The molecule has 2 fully saturated rings. The zero-order chi connectivity index (χ0) is 14.5. The Morgan fingerprint density at radius 3 is 2.71 bits per heavy atom. The van der Waals surface area contributed by atoms with Crippen LogP contribution in [0.1, 0.15) is 63.1 Å². The summed E-state index contributed by atoms with van der Waals surface area (Å²) >= 11 is 0. The first-order valence-electron chi connectivity index (χ1n) is 8.58. The summed E-state index contributed by atoms with van der Waals surface area (Å²) in [4.78, 5) is 12.2. The second-order valence-electron chi connectivity index (χ2n) is 6.69. The SMILES string of the molecule is O=C(Cc1ccn(C2CCCCC2)n1)CC1CCNCC1. The Balaban J connectivity index is 1.50. The maximum Gasteiger partial charge on any atom is 0.139 e. The molecule has 0 radical (unpaired) electrons. The van der Waals surface area contributed by atoms with Crippen molar-refractivity contribution >= 4 is 5.78 Å². The predicted octanol–water partition coefficient (Wildman–Crippen LogP) is 2.89. The lowest BCUT2D eigenvalue weighted by atomic mass is 9.91. The van der Waals surface area contributed by atoms with Gasteiger partial charge in [-0.15, -0.1) is 0 Å². The van der Waals surface area contributed by atoms with Crippen molar-refractivity contribution in [3.8, 4) is 0 Å². The van der Waals surface area contributed by atoms with Gasteiger partial charge in [0, 0.05) is 12.6 Å². The zero-order valence-corrected chi connectivity index (χ0v) is 12.9. The number of nitrogens with one attached hydrogen (secondary N) is 1. The monoisotopic (exact) mass is 289 g/mol. The van der Waals surface area contributed by atoms with E-state index >= 15 is 0 Å². The standard InChI is InChI=1S/C17H27N3O/c21-17(12-14-6-9-18-10-7-14)13-15-8-11-20(19-15)16-4-2-1-3-5-16/h8,11,14,16,18H,1-7,9-10,12-13H2. The van der Waals surface area contributed by atoms with E-state index in [-0.39, 0.29) is 0 Å². The lowest BCUT2D eigenvalue weighted by Gasteiger charge is -2.22. The number of piperidine rings is 1. The Morgan fingerprint density at radius 2 is 1.95 bits per heavy atom. The summed E-state index contributed by atoms with van der Waals surface area (Å²) in [6, 6.07) is 2.60. The summed E-state index contributed by atoms with van der Waals surface area (Å²) in [5, 5.41) is 8.00. The molecule has 3 rings (SSSR count). The molecule has 1 aromatic rings. The van der Waals surface area contributed by atoms with Crippen molar-refractivity contribution in [3.05, 3.63) is 18.0 Å². The molecule has 0 atom stereocenters. The van der Waals surface area contributed by atoms with Gasteiger partial charge in [-0.25, -0.2) is 0 Å². The number of hydrogen-bond acceptors (Lipinski definition) is 3. The quantitative estimate of drug-likeness (QED) is 0.906. The molecule has 1 saturated carbocycles. The number of ketones is 1. The van der Waals surface area contributed by atoms with Gasteiger partial charge in [-0.2, -0.15) is 5.10 Å². The van der Waals surface area contributed by atoms with Crippen LogP contribution in [0.3, 0.4) is 0 Å². The second kappa shape index (κ2) is 7.21. The van der Waals surface area contributed by atoms with Gasteiger partial charge in [0.2, 0.25) is 0 Å². The minimum atomic E-state index is 0.357. The van der Waals surface area contributed by atoms with E-state index in [1.165, 1.54) is 32.1 Å². The maximum absolute atomic E-state index is 12.2. The average molecular weight is 289 g/mol. The zero-order valence-electron chi connectivity index (χ0n) is 12.9. The Morgan fingerprint density at radius 1 is 1.19 bits per heavy atom. The first kappa shape index (κ1) is 14.8. The van der Waals surface area contributed by atoms with Crippen LogP contribution in [0.15, 0.2) is 12.3 Å². The van der Waals surface area contributed by atoms with Crippen LogP contribution in [0.25, 0.3) is 0 Å². The fraction of sp³-hybridized carbons (Fsp3) is 0.765. The van der Waals surface area contributed by atoms with Crippen LogP contribution in [-0.2, 0) is 11.2 Å². The minimum Gasteiger partial charge on any atom is -0.317 e. The van der Waals surface area contributed by atoms with E-state index < -0.39 is 0 Å². The number of nitrogens with zero attached hydrogens (tertiary/aromatic N) is 2. The van der Waals surface area contributed by atoms with Crippen molar-refractivity contribution in [2.24, 2.45) is 5.92 Å². The molecule has 116 valence electrons. The van der Waals surface area contributed by atoms with Gasteiger partial charge in [0.15, 0.2) is 0 Å². The summed E-state index contributed by atoms with van der Waals surface area (Å²) in [6.45, 7) is 2.13. The molecule has 4 heteroatoms. The van der Waals surface area contributed by atoms with Gasteiger partial charge in [0.1, 0.15) is 5.78 Å². The molecule has 2 heterocycles. The number of carbonyl (C=O) groups is 1. The van der Waals surface area contributed by atoms with Gasteiger partial charge >= 0.3 is 0 Å². The third-order valence-corrected chi connectivity index (χ3v) is 4.97. The van der Waals surface area contributed by atoms with Crippen molar-refractivity contribution < 1.29 is 4.79 Å². The van der Waals surface area contributed by atoms with Gasteiger partial charge in [-0.05, 0) is 50.8 Å². The largest absolute Gasteiger partial charge is 0.317 e. The van der Waals surface area contributed by atoms with Crippen molar-refractivity contribution in [1.82, 2.24) is 15.1 Å². The summed E-state index contributed by atoms with van der Waals surface area (Å²) < 4.78 is 2.10. The molecule has 1 N–H and O–H groups in total. The van der Waals surface area contributed by atoms with E-state index in [9.17, 15) is 4.79 Å². The minimum absolute atomic E-state index is 0.357. The molecular formula is C17H27N3O. The number of Topliss-reactive ketones (excluding diaryl/α,β-unsaturated/α-hetero) is 1. The Hall–Kier alpha value is -1.16. The van der Waals surface area contributed by atoms with Crippen molar-refractivity contribution in [1.29, 1.82) is 0 Å². The molecule has 0 spiro atoms. The lowest BCUT2D eigenvalue weighted by molar-refractivity contribution is -0.119.